The average Bonchev–Trinajstić information content (AvgIpc) is 3.00. The van der Waals surface area contributed by atoms with E-state index in [1.807, 2.05) is 24.3 Å². The second-order valence-electron chi connectivity index (χ2n) is 7.89. The first-order valence-corrected chi connectivity index (χ1v) is 10.1. The van der Waals surface area contributed by atoms with Gasteiger partial charge in [0.25, 0.3) is 0 Å². The van der Waals surface area contributed by atoms with Crippen LogP contribution < -0.4 is 10.2 Å². The van der Waals surface area contributed by atoms with Gasteiger partial charge in [0.2, 0.25) is 0 Å². The van der Waals surface area contributed by atoms with Gasteiger partial charge >= 0.3 is 6.09 Å². The van der Waals surface area contributed by atoms with Crippen LogP contribution in [0.1, 0.15) is 30.0 Å². The molecule has 148 valence electrons. The maximum Gasteiger partial charge on any atom is 0.405 e. The van der Waals surface area contributed by atoms with Crippen LogP contribution in [0, 0.1) is 10.1 Å². The Bertz CT molecular complexity index is 1150. The molecule has 1 amide bonds. The Hall–Kier alpha value is -3.00. The SMILES string of the molecule is O=C(O)N[C@@H]1c2ccccc2CC12CCN(c1cnc3[nH]c(=S)ccc3n1)CC2. The molecule has 0 bridgehead atoms. The maximum absolute atomic E-state index is 11.5. The number of fused-ring (bicyclic) bond motifs is 2. The second-order valence-corrected chi connectivity index (χ2v) is 8.33. The van der Waals surface area contributed by atoms with Gasteiger partial charge in [0.05, 0.1) is 12.2 Å². The lowest BCUT2D eigenvalue weighted by atomic mass is 9.72. The third kappa shape index (κ3) is 3.13. The maximum atomic E-state index is 11.5. The molecule has 3 N–H and O–H groups in total. The molecule has 0 saturated carbocycles. The van der Waals surface area contributed by atoms with E-state index >= 15 is 0 Å². The number of carbonyl (C=O) groups is 1. The zero-order valence-corrected chi connectivity index (χ0v) is 16.6. The second kappa shape index (κ2) is 6.81. The molecule has 8 heteroatoms. The number of piperidine rings is 1. The number of pyridine rings is 1. The van der Waals surface area contributed by atoms with Crippen LogP contribution >= 0.6 is 12.2 Å². The van der Waals surface area contributed by atoms with Crippen molar-refractivity contribution in [2.24, 2.45) is 5.41 Å². The molecule has 1 fully saturated rings. The molecule has 0 unspecified atom stereocenters. The number of aromatic amines is 1. The number of H-pyrrole nitrogens is 1. The standard InChI is InChI=1S/C21H21N5O2S/c27-20(28)25-18-14-4-2-1-3-13(14)11-21(18)7-9-26(10-8-21)16-12-22-19-15(23-16)5-6-17(29)24-19/h1-6,12,18,25H,7-11H2,(H,27,28)(H,22,24,29)/t18-/m1/s1. The summed E-state index contributed by atoms with van der Waals surface area (Å²) in [5.41, 5.74) is 3.75. The number of anilines is 1. The lowest BCUT2D eigenvalue weighted by molar-refractivity contribution is 0.141. The van der Waals surface area contributed by atoms with Crippen molar-refractivity contribution in [2.75, 3.05) is 18.0 Å². The van der Waals surface area contributed by atoms with Crippen molar-refractivity contribution in [3.8, 4) is 0 Å². The minimum atomic E-state index is -0.966. The molecular weight excluding hydrogens is 386 g/mol. The smallest absolute Gasteiger partial charge is 0.405 e. The first kappa shape index (κ1) is 18.1. The molecule has 1 saturated heterocycles. The summed E-state index contributed by atoms with van der Waals surface area (Å²) in [6.45, 7) is 1.63. The third-order valence-electron chi connectivity index (χ3n) is 6.29. The number of aromatic nitrogens is 3. The molecule has 1 aliphatic heterocycles. The zero-order chi connectivity index (χ0) is 20.0. The Morgan fingerprint density at radius 3 is 2.83 bits per heavy atom. The summed E-state index contributed by atoms with van der Waals surface area (Å²) in [5.74, 6) is 0.844. The number of hydrogen-bond acceptors (Lipinski definition) is 5. The van der Waals surface area contributed by atoms with Gasteiger partial charge in [-0.05, 0) is 42.5 Å². The highest BCUT2D eigenvalue weighted by Crippen LogP contribution is 2.52. The lowest BCUT2D eigenvalue weighted by Gasteiger charge is -2.43. The van der Waals surface area contributed by atoms with Crippen molar-refractivity contribution in [1.82, 2.24) is 20.3 Å². The molecule has 7 nitrogen and oxygen atoms in total. The van der Waals surface area contributed by atoms with Crippen molar-refractivity contribution >= 4 is 35.3 Å². The summed E-state index contributed by atoms with van der Waals surface area (Å²) in [6.07, 6.45) is 3.50. The molecule has 1 aromatic carbocycles. The number of nitrogens with one attached hydrogen (secondary N) is 2. The van der Waals surface area contributed by atoms with Crippen molar-refractivity contribution in [3.63, 3.8) is 0 Å². The van der Waals surface area contributed by atoms with E-state index in [0.717, 1.165) is 49.2 Å². The molecule has 2 aliphatic rings. The van der Waals surface area contributed by atoms with Crippen LogP contribution in [0.2, 0.25) is 0 Å². The fourth-order valence-electron chi connectivity index (χ4n) is 4.86. The molecule has 5 rings (SSSR count). The Morgan fingerprint density at radius 1 is 1.24 bits per heavy atom. The summed E-state index contributed by atoms with van der Waals surface area (Å²) in [5, 5.41) is 12.2. The van der Waals surface area contributed by atoms with E-state index in [-0.39, 0.29) is 11.5 Å². The van der Waals surface area contributed by atoms with Gasteiger partial charge in [-0.25, -0.2) is 14.8 Å². The Balaban J connectivity index is 1.40. The van der Waals surface area contributed by atoms with E-state index < -0.39 is 6.09 Å². The number of hydrogen-bond donors (Lipinski definition) is 3. The number of amides is 1. The van der Waals surface area contributed by atoms with Crippen molar-refractivity contribution in [1.29, 1.82) is 0 Å². The van der Waals surface area contributed by atoms with Crippen LogP contribution in [0.25, 0.3) is 11.2 Å². The zero-order valence-electron chi connectivity index (χ0n) is 15.8. The van der Waals surface area contributed by atoms with Crippen LogP contribution in [0.4, 0.5) is 10.6 Å². The summed E-state index contributed by atoms with van der Waals surface area (Å²) in [4.78, 5) is 26.0. The first-order chi connectivity index (χ1) is 14.0. The minimum absolute atomic E-state index is 0.0894. The van der Waals surface area contributed by atoms with Crippen LogP contribution in [0.5, 0.6) is 0 Å². The number of benzene rings is 1. The fourth-order valence-corrected chi connectivity index (χ4v) is 5.03. The Morgan fingerprint density at radius 2 is 2.03 bits per heavy atom. The van der Waals surface area contributed by atoms with E-state index in [1.165, 1.54) is 5.56 Å². The minimum Gasteiger partial charge on any atom is -0.465 e. The van der Waals surface area contributed by atoms with Gasteiger partial charge < -0.3 is 20.3 Å². The van der Waals surface area contributed by atoms with Gasteiger partial charge in [0, 0.05) is 18.5 Å². The molecule has 1 aliphatic carbocycles. The predicted octanol–water partition coefficient (Wildman–Crippen LogP) is 3.84. The fraction of sp³-hybridized carbons (Fsp3) is 0.333. The van der Waals surface area contributed by atoms with Gasteiger partial charge in [-0.2, -0.15) is 0 Å². The van der Waals surface area contributed by atoms with Crippen LogP contribution in [0.15, 0.2) is 42.6 Å². The molecule has 1 spiro atoms. The molecule has 29 heavy (non-hydrogen) atoms. The molecule has 3 heterocycles. The van der Waals surface area contributed by atoms with Crippen molar-refractivity contribution < 1.29 is 9.90 Å². The number of carboxylic acid groups (broad SMARTS) is 1. The van der Waals surface area contributed by atoms with Gasteiger partial charge in [-0.15, -0.1) is 0 Å². The molecule has 0 radical (unpaired) electrons. The Labute approximate surface area is 172 Å². The summed E-state index contributed by atoms with van der Waals surface area (Å²) in [6, 6.07) is 11.7. The van der Waals surface area contributed by atoms with E-state index in [9.17, 15) is 9.90 Å². The van der Waals surface area contributed by atoms with E-state index in [4.69, 9.17) is 17.2 Å². The molecule has 1 atom stereocenters. The normalized spacial score (nSPS) is 20.0. The summed E-state index contributed by atoms with van der Waals surface area (Å²) in [7, 11) is 0. The Kier molecular flexibility index (Phi) is 4.24. The molecular formula is C21H21N5O2S. The van der Waals surface area contributed by atoms with Gasteiger partial charge in [-0.1, -0.05) is 36.5 Å². The highest BCUT2D eigenvalue weighted by atomic mass is 32.1. The predicted molar refractivity (Wildman–Crippen MR) is 113 cm³/mol. The monoisotopic (exact) mass is 407 g/mol. The molecule has 3 aromatic rings. The van der Waals surface area contributed by atoms with E-state index in [1.54, 1.807) is 6.20 Å². The van der Waals surface area contributed by atoms with Gasteiger partial charge in [0.1, 0.15) is 16.0 Å². The average molecular weight is 407 g/mol. The first-order valence-electron chi connectivity index (χ1n) is 9.72. The highest BCUT2D eigenvalue weighted by Gasteiger charge is 2.48. The van der Waals surface area contributed by atoms with Crippen LogP contribution in [-0.4, -0.2) is 39.2 Å². The summed E-state index contributed by atoms with van der Waals surface area (Å²) < 4.78 is 0.636. The topological polar surface area (TPSA) is 94.1 Å². The third-order valence-corrected chi connectivity index (χ3v) is 6.53. The van der Waals surface area contributed by atoms with Crippen LogP contribution in [-0.2, 0) is 6.42 Å². The van der Waals surface area contributed by atoms with Crippen molar-refractivity contribution in [2.45, 2.75) is 25.3 Å². The van der Waals surface area contributed by atoms with E-state index in [0.29, 0.717) is 10.3 Å². The van der Waals surface area contributed by atoms with Gasteiger partial charge in [-0.3, -0.25) is 0 Å². The summed E-state index contributed by atoms with van der Waals surface area (Å²) >= 11 is 5.14. The number of nitrogens with zero attached hydrogens (tertiary/aromatic N) is 3. The van der Waals surface area contributed by atoms with Gasteiger partial charge in [0.15, 0.2) is 5.65 Å². The molecule has 2 aromatic heterocycles. The number of rotatable bonds is 2. The highest BCUT2D eigenvalue weighted by molar-refractivity contribution is 7.71. The van der Waals surface area contributed by atoms with Crippen LogP contribution in [0.3, 0.4) is 0 Å². The van der Waals surface area contributed by atoms with Crippen molar-refractivity contribution in [3.05, 3.63) is 58.4 Å². The lowest BCUT2D eigenvalue weighted by Crippen LogP contribution is -2.47. The van der Waals surface area contributed by atoms with E-state index in [2.05, 4.69) is 32.3 Å². The largest absolute Gasteiger partial charge is 0.465 e. The quantitative estimate of drug-likeness (QED) is 0.559.